The van der Waals surface area contributed by atoms with Crippen LogP contribution in [-0.2, 0) is 16.6 Å². The molecule has 2 fully saturated rings. The molecule has 0 radical (unpaired) electrons. The average Bonchev–Trinajstić information content (AvgIpc) is 3.12. The quantitative estimate of drug-likeness (QED) is 0.672. The molecule has 7 heteroatoms. The van der Waals surface area contributed by atoms with E-state index < -0.39 is 0 Å². The summed E-state index contributed by atoms with van der Waals surface area (Å²) in [4.78, 5) is 28.8. The zero-order valence-electron chi connectivity index (χ0n) is 17.0. The Kier molecular flexibility index (Phi) is 4.75. The van der Waals surface area contributed by atoms with Crippen molar-refractivity contribution in [3.05, 3.63) is 54.2 Å². The molecule has 2 saturated heterocycles. The second-order valence-corrected chi connectivity index (χ2v) is 7.88. The number of ether oxygens (including phenoxy) is 1. The van der Waals surface area contributed by atoms with Crippen LogP contribution in [0.15, 0.2) is 48.7 Å². The topological polar surface area (TPSA) is 67.7 Å². The Morgan fingerprint density at radius 2 is 1.63 bits per heavy atom. The molecule has 1 atom stereocenters. The van der Waals surface area contributed by atoms with Crippen LogP contribution in [0.4, 0.5) is 0 Å². The van der Waals surface area contributed by atoms with E-state index in [0.29, 0.717) is 38.3 Å². The van der Waals surface area contributed by atoms with Crippen molar-refractivity contribution in [3.63, 3.8) is 0 Å². The smallest absolute Gasteiger partial charge is 0.253 e. The lowest BCUT2D eigenvalue weighted by Gasteiger charge is -2.38. The van der Waals surface area contributed by atoms with Crippen LogP contribution >= 0.6 is 0 Å². The number of fused-ring (bicyclic) bond motifs is 1. The molecule has 2 aliphatic heterocycles. The molecule has 1 aromatic heterocycles. The van der Waals surface area contributed by atoms with E-state index in [1.165, 1.54) is 0 Å². The molecule has 0 aliphatic carbocycles. The van der Waals surface area contributed by atoms with Gasteiger partial charge in [0.15, 0.2) is 0 Å². The number of aryl methyl sites for hydroxylation is 1. The Labute approximate surface area is 174 Å². The number of piperazine rings is 1. The maximum absolute atomic E-state index is 12.9. The molecule has 154 valence electrons. The van der Waals surface area contributed by atoms with E-state index >= 15 is 0 Å². The second-order valence-electron chi connectivity index (χ2n) is 7.88. The van der Waals surface area contributed by atoms with Gasteiger partial charge in [-0.1, -0.05) is 24.3 Å². The van der Waals surface area contributed by atoms with Crippen molar-refractivity contribution >= 4 is 22.7 Å². The highest BCUT2D eigenvalue weighted by Gasteiger charge is 2.33. The molecule has 0 spiro atoms. The largest absolute Gasteiger partial charge is 0.368 e. The summed E-state index contributed by atoms with van der Waals surface area (Å²) in [5.41, 5.74) is 3.90. The highest BCUT2D eigenvalue weighted by atomic mass is 16.5. The molecule has 3 aromatic rings. The minimum atomic E-state index is -0.273. The minimum Gasteiger partial charge on any atom is -0.368 e. The number of aromatic nitrogens is 2. The number of carbonyl (C=O) groups excluding carboxylic acids is 2. The molecule has 0 saturated carbocycles. The summed E-state index contributed by atoms with van der Waals surface area (Å²) in [5.74, 6) is 0.0683. The maximum Gasteiger partial charge on any atom is 0.253 e. The Morgan fingerprint density at radius 1 is 0.967 bits per heavy atom. The average molecular weight is 404 g/mol. The summed E-state index contributed by atoms with van der Waals surface area (Å²) in [6.07, 6.45) is 2.39. The monoisotopic (exact) mass is 404 g/mol. The lowest BCUT2D eigenvalue weighted by molar-refractivity contribution is -0.157. The first-order valence-corrected chi connectivity index (χ1v) is 10.3. The highest BCUT2D eigenvalue weighted by Crippen LogP contribution is 2.25. The van der Waals surface area contributed by atoms with E-state index in [0.717, 1.165) is 28.5 Å². The Hall–Kier alpha value is -3.19. The molecule has 0 N–H and O–H groups in total. The van der Waals surface area contributed by atoms with Crippen molar-refractivity contribution in [1.82, 2.24) is 19.6 Å². The summed E-state index contributed by atoms with van der Waals surface area (Å²) < 4.78 is 7.15. The molecule has 2 aromatic carbocycles. The summed E-state index contributed by atoms with van der Waals surface area (Å²) in [7, 11) is 1.93. The van der Waals surface area contributed by atoms with E-state index in [1.807, 2.05) is 52.0 Å². The summed E-state index contributed by atoms with van der Waals surface area (Å²) in [6, 6.07) is 14.0. The number of benzene rings is 2. The first-order valence-electron chi connectivity index (χ1n) is 10.3. The van der Waals surface area contributed by atoms with Crippen molar-refractivity contribution < 1.29 is 14.3 Å². The van der Waals surface area contributed by atoms with Crippen LogP contribution in [0.25, 0.3) is 22.0 Å². The zero-order valence-corrected chi connectivity index (χ0v) is 17.0. The first-order chi connectivity index (χ1) is 14.6. The molecule has 2 amide bonds. The molecule has 3 heterocycles. The highest BCUT2D eigenvalue weighted by molar-refractivity contribution is 5.95. The number of hydrogen-bond acceptors (Lipinski definition) is 4. The molecule has 0 bridgehead atoms. The number of nitrogens with zero attached hydrogens (tertiary/aromatic N) is 4. The zero-order chi connectivity index (χ0) is 20.7. The minimum absolute atomic E-state index is 0.00984. The third-order valence-electron chi connectivity index (χ3n) is 6.07. The van der Waals surface area contributed by atoms with E-state index in [1.54, 1.807) is 0 Å². The van der Waals surface area contributed by atoms with Crippen LogP contribution in [0.3, 0.4) is 0 Å². The van der Waals surface area contributed by atoms with Crippen molar-refractivity contribution in [2.75, 3.05) is 32.8 Å². The van der Waals surface area contributed by atoms with Gasteiger partial charge in [-0.2, -0.15) is 5.10 Å². The van der Waals surface area contributed by atoms with Gasteiger partial charge in [0.2, 0.25) is 0 Å². The van der Waals surface area contributed by atoms with Gasteiger partial charge in [-0.3, -0.25) is 14.3 Å². The molecule has 7 nitrogen and oxygen atoms in total. The van der Waals surface area contributed by atoms with E-state index in [2.05, 4.69) is 23.3 Å². The van der Waals surface area contributed by atoms with Gasteiger partial charge < -0.3 is 14.5 Å². The Bertz CT molecular complexity index is 1090. The lowest BCUT2D eigenvalue weighted by atomic mass is 10.0. The van der Waals surface area contributed by atoms with Crippen molar-refractivity contribution in [1.29, 1.82) is 0 Å². The third kappa shape index (κ3) is 3.35. The SMILES string of the molecule is Cn1ncc2ccc(-c3ccc(C(=O)N4CCN(C(=O)C5CCO5)CC4)cc3)cc21. The molecular formula is C23H24N4O3. The first kappa shape index (κ1) is 18.8. The predicted octanol–water partition coefficient (Wildman–Crippen LogP) is 2.31. The van der Waals surface area contributed by atoms with Crippen LogP contribution in [-0.4, -0.2) is 70.3 Å². The van der Waals surface area contributed by atoms with E-state index in [9.17, 15) is 9.59 Å². The van der Waals surface area contributed by atoms with Gasteiger partial charge in [0.25, 0.3) is 11.8 Å². The second kappa shape index (κ2) is 7.57. The molecule has 30 heavy (non-hydrogen) atoms. The molecule has 5 rings (SSSR count). The van der Waals surface area contributed by atoms with Gasteiger partial charge in [0.05, 0.1) is 18.3 Å². The van der Waals surface area contributed by atoms with Gasteiger partial charge in [-0.05, 0) is 29.3 Å². The van der Waals surface area contributed by atoms with E-state index in [-0.39, 0.29) is 17.9 Å². The fraction of sp³-hybridized carbons (Fsp3) is 0.348. The Balaban J connectivity index is 1.25. The molecular weight excluding hydrogens is 380 g/mol. The molecule has 2 aliphatic rings. The van der Waals surface area contributed by atoms with Crippen LogP contribution in [0.1, 0.15) is 16.8 Å². The normalized spacial score (nSPS) is 19.0. The molecule has 1 unspecified atom stereocenters. The van der Waals surface area contributed by atoms with Crippen molar-refractivity contribution in [3.8, 4) is 11.1 Å². The maximum atomic E-state index is 12.9. The number of amides is 2. The van der Waals surface area contributed by atoms with Gasteiger partial charge in [-0.15, -0.1) is 0 Å². The fourth-order valence-electron chi connectivity index (χ4n) is 4.08. The van der Waals surface area contributed by atoms with Gasteiger partial charge in [0.1, 0.15) is 6.10 Å². The number of carbonyl (C=O) groups is 2. The van der Waals surface area contributed by atoms with Crippen LogP contribution in [0.5, 0.6) is 0 Å². The Morgan fingerprint density at radius 3 is 2.30 bits per heavy atom. The van der Waals surface area contributed by atoms with Crippen LogP contribution < -0.4 is 0 Å². The van der Waals surface area contributed by atoms with Crippen LogP contribution in [0.2, 0.25) is 0 Å². The lowest BCUT2D eigenvalue weighted by Crippen LogP contribution is -2.54. The van der Waals surface area contributed by atoms with Gasteiger partial charge >= 0.3 is 0 Å². The number of hydrogen-bond donors (Lipinski definition) is 0. The standard InChI is InChI=1S/C23H24N4O3/c1-25-20-14-18(6-7-19(20)15-24-25)16-2-4-17(5-3-16)22(28)26-9-11-27(12-10-26)23(29)21-8-13-30-21/h2-7,14-15,21H,8-13H2,1H3. The fourth-order valence-corrected chi connectivity index (χ4v) is 4.08. The predicted molar refractivity (Wildman–Crippen MR) is 113 cm³/mol. The summed E-state index contributed by atoms with van der Waals surface area (Å²) in [5, 5.41) is 5.39. The summed E-state index contributed by atoms with van der Waals surface area (Å²) in [6.45, 7) is 2.90. The van der Waals surface area contributed by atoms with Gasteiger partial charge in [0, 0.05) is 50.6 Å². The third-order valence-corrected chi connectivity index (χ3v) is 6.07. The van der Waals surface area contributed by atoms with Crippen LogP contribution in [0, 0.1) is 0 Å². The van der Waals surface area contributed by atoms with Crippen molar-refractivity contribution in [2.45, 2.75) is 12.5 Å². The van der Waals surface area contributed by atoms with E-state index in [4.69, 9.17) is 4.74 Å². The summed E-state index contributed by atoms with van der Waals surface area (Å²) >= 11 is 0. The number of rotatable bonds is 3. The van der Waals surface area contributed by atoms with Gasteiger partial charge in [-0.25, -0.2) is 0 Å². The van der Waals surface area contributed by atoms with Crippen molar-refractivity contribution in [2.24, 2.45) is 7.05 Å².